The maximum atomic E-state index is 14.0. The Hall–Kier alpha value is -3.39. The third-order valence-electron chi connectivity index (χ3n) is 5.45. The molecule has 0 radical (unpaired) electrons. The molecule has 1 atom stereocenters. The van der Waals surface area contributed by atoms with Gasteiger partial charge in [-0.1, -0.05) is 57.2 Å². The maximum Gasteiger partial charge on any atom is 0.267 e. The molecule has 4 rings (SSSR count). The number of sulfonamides is 1. The molecule has 3 aromatic carbocycles. The van der Waals surface area contributed by atoms with E-state index in [1.807, 2.05) is 26.8 Å². The Balaban J connectivity index is 1.75. The van der Waals surface area contributed by atoms with E-state index in [1.165, 1.54) is 34.6 Å². The summed E-state index contributed by atoms with van der Waals surface area (Å²) in [6.07, 6.45) is -1.17. The summed E-state index contributed by atoms with van der Waals surface area (Å²) in [5.74, 6) is -0.966. The monoisotopic (exact) mass is 468 g/mol. The third-order valence-corrected chi connectivity index (χ3v) is 7.24. The van der Waals surface area contributed by atoms with Gasteiger partial charge >= 0.3 is 0 Å². The van der Waals surface area contributed by atoms with E-state index in [0.717, 1.165) is 5.56 Å². The number of anilines is 2. The summed E-state index contributed by atoms with van der Waals surface area (Å²) in [7, 11) is -3.99. The number of carbonyl (C=O) groups is 1. The van der Waals surface area contributed by atoms with Crippen LogP contribution >= 0.6 is 0 Å². The molecule has 0 saturated carbocycles. The second kappa shape index (κ2) is 8.51. The summed E-state index contributed by atoms with van der Waals surface area (Å²) in [4.78, 5) is 13.0. The highest BCUT2D eigenvalue weighted by Gasteiger charge is 2.38. The Morgan fingerprint density at radius 2 is 1.70 bits per heavy atom. The van der Waals surface area contributed by atoms with Crippen LogP contribution in [0, 0.1) is 5.82 Å². The van der Waals surface area contributed by atoms with Gasteiger partial charge in [0.15, 0.2) is 6.10 Å². The van der Waals surface area contributed by atoms with E-state index >= 15 is 0 Å². The maximum absolute atomic E-state index is 14.0. The molecule has 1 heterocycles. The average Bonchev–Trinajstić information content (AvgIpc) is 2.79. The molecule has 33 heavy (non-hydrogen) atoms. The summed E-state index contributed by atoms with van der Waals surface area (Å²) in [6.45, 7) is 5.83. The molecule has 1 aliphatic rings. The number of carbonyl (C=O) groups excluding carboxylic acids is 1. The molecule has 8 heteroatoms. The number of nitrogens with zero attached hydrogens (tertiary/aromatic N) is 1. The average molecular weight is 469 g/mol. The quantitative estimate of drug-likeness (QED) is 0.601. The summed E-state index contributed by atoms with van der Waals surface area (Å²) >= 11 is 0. The van der Waals surface area contributed by atoms with Crippen LogP contribution in [0.4, 0.5) is 15.8 Å². The van der Waals surface area contributed by atoms with Crippen LogP contribution in [0.15, 0.2) is 77.7 Å². The lowest BCUT2D eigenvalue weighted by atomic mass is 9.86. The predicted octanol–water partition coefficient (Wildman–Crippen LogP) is 4.72. The first-order chi connectivity index (χ1) is 15.6. The minimum Gasteiger partial charge on any atom is -0.476 e. The molecular weight excluding hydrogens is 443 g/mol. The molecule has 3 aromatic rings. The number of rotatable bonds is 4. The van der Waals surface area contributed by atoms with Crippen LogP contribution in [0.3, 0.4) is 0 Å². The van der Waals surface area contributed by atoms with Crippen molar-refractivity contribution in [1.82, 2.24) is 0 Å². The van der Waals surface area contributed by atoms with Gasteiger partial charge in [0, 0.05) is 0 Å². The fourth-order valence-electron chi connectivity index (χ4n) is 3.58. The van der Waals surface area contributed by atoms with E-state index in [9.17, 15) is 17.6 Å². The zero-order valence-electron chi connectivity index (χ0n) is 18.6. The van der Waals surface area contributed by atoms with E-state index < -0.39 is 27.9 Å². The van der Waals surface area contributed by atoms with Crippen LogP contribution < -0.4 is 14.4 Å². The lowest BCUT2D eigenvalue weighted by Gasteiger charge is -2.36. The molecule has 172 valence electrons. The van der Waals surface area contributed by atoms with Gasteiger partial charge in [0.05, 0.1) is 22.8 Å². The van der Waals surface area contributed by atoms with Gasteiger partial charge < -0.3 is 10.1 Å². The Morgan fingerprint density at radius 1 is 1.03 bits per heavy atom. The highest BCUT2D eigenvalue weighted by atomic mass is 32.2. The van der Waals surface area contributed by atoms with Gasteiger partial charge in [-0.15, -0.1) is 0 Å². The number of ether oxygens (including phenoxy) is 1. The van der Waals surface area contributed by atoms with Crippen molar-refractivity contribution in [2.45, 2.75) is 37.2 Å². The molecule has 0 unspecified atom stereocenters. The lowest BCUT2D eigenvalue weighted by Crippen LogP contribution is -2.49. The summed E-state index contributed by atoms with van der Waals surface area (Å²) in [5.41, 5.74) is 1.06. The van der Waals surface area contributed by atoms with Gasteiger partial charge in [-0.25, -0.2) is 12.8 Å². The first kappa shape index (κ1) is 22.8. The van der Waals surface area contributed by atoms with E-state index in [4.69, 9.17) is 4.74 Å². The summed E-state index contributed by atoms with van der Waals surface area (Å²) in [5, 5.41) is 2.50. The number of para-hydroxylation sites is 1. The minimum absolute atomic E-state index is 0.00237. The Morgan fingerprint density at radius 3 is 2.36 bits per heavy atom. The highest BCUT2D eigenvalue weighted by Crippen LogP contribution is 2.40. The molecule has 1 N–H and O–H groups in total. The predicted molar refractivity (Wildman–Crippen MR) is 126 cm³/mol. The van der Waals surface area contributed by atoms with Crippen molar-refractivity contribution in [3.8, 4) is 5.75 Å². The highest BCUT2D eigenvalue weighted by molar-refractivity contribution is 7.92. The molecule has 6 nitrogen and oxygen atoms in total. The van der Waals surface area contributed by atoms with Crippen molar-refractivity contribution in [3.05, 3.63) is 84.2 Å². The molecule has 1 aliphatic heterocycles. The van der Waals surface area contributed by atoms with Crippen LogP contribution in [0.5, 0.6) is 5.75 Å². The fourth-order valence-corrected chi connectivity index (χ4v) is 5.07. The lowest BCUT2D eigenvalue weighted by molar-refractivity contribution is -0.122. The second-order valence-corrected chi connectivity index (χ2v) is 10.7. The van der Waals surface area contributed by atoms with Crippen molar-refractivity contribution in [1.29, 1.82) is 0 Å². The van der Waals surface area contributed by atoms with Gasteiger partial charge in [0.2, 0.25) is 0 Å². The first-order valence-electron chi connectivity index (χ1n) is 10.5. The van der Waals surface area contributed by atoms with Crippen LogP contribution in [-0.4, -0.2) is 27.0 Å². The Bertz CT molecular complexity index is 1290. The van der Waals surface area contributed by atoms with Crippen molar-refractivity contribution >= 4 is 27.3 Å². The van der Waals surface area contributed by atoms with Gasteiger partial charge in [-0.2, -0.15) is 0 Å². The topological polar surface area (TPSA) is 75.7 Å². The smallest absolute Gasteiger partial charge is 0.267 e. The number of fused-ring (bicyclic) bond motifs is 1. The van der Waals surface area contributed by atoms with Crippen LogP contribution in [-0.2, 0) is 20.2 Å². The van der Waals surface area contributed by atoms with Gasteiger partial charge in [0.1, 0.15) is 11.6 Å². The number of nitrogens with one attached hydrogen (secondary N) is 1. The van der Waals surface area contributed by atoms with E-state index in [2.05, 4.69) is 5.32 Å². The van der Waals surface area contributed by atoms with E-state index in [-0.39, 0.29) is 28.3 Å². The van der Waals surface area contributed by atoms with E-state index in [0.29, 0.717) is 5.69 Å². The number of hydrogen-bond donors (Lipinski definition) is 1. The Kier molecular flexibility index (Phi) is 5.88. The number of halogens is 1. The Labute approximate surface area is 193 Å². The van der Waals surface area contributed by atoms with Crippen molar-refractivity contribution in [3.63, 3.8) is 0 Å². The molecule has 0 bridgehead atoms. The minimum atomic E-state index is -3.99. The zero-order valence-corrected chi connectivity index (χ0v) is 19.4. The molecule has 0 aliphatic carbocycles. The summed E-state index contributed by atoms with van der Waals surface area (Å²) in [6, 6.07) is 19.1. The van der Waals surface area contributed by atoms with Crippen LogP contribution in [0.25, 0.3) is 0 Å². The number of hydrogen-bond acceptors (Lipinski definition) is 4. The normalized spacial score (nSPS) is 16.0. The molecule has 0 saturated heterocycles. The first-order valence-corrected chi connectivity index (χ1v) is 12.0. The van der Waals surface area contributed by atoms with Crippen LogP contribution in [0.1, 0.15) is 26.3 Å². The molecule has 0 fully saturated rings. The standard InChI is InChI=1S/C25H25FN2O4S/c1-25(2,3)17-13-14-22-21(15-17)28(33(30,31)18-9-5-4-6-10-18)16-23(32-22)24(29)27-20-12-8-7-11-19(20)26/h4-15,23H,16H2,1-3H3,(H,27,29)/t23-/m1/s1. The SMILES string of the molecule is CC(C)(C)c1ccc2c(c1)N(S(=O)(=O)c1ccccc1)C[C@H](C(=O)Nc1ccccc1F)O2. The van der Waals surface area contributed by atoms with Crippen molar-refractivity contribution in [2.24, 2.45) is 0 Å². The molecular formula is C25H25FN2O4S. The van der Waals surface area contributed by atoms with Gasteiger partial charge in [-0.05, 0) is 47.4 Å². The number of amides is 1. The van der Waals surface area contributed by atoms with Gasteiger partial charge in [0.25, 0.3) is 15.9 Å². The van der Waals surface area contributed by atoms with E-state index in [1.54, 1.807) is 36.4 Å². The zero-order chi connectivity index (χ0) is 23.8. The largest absolute Gasteiger partial charge is 0.476 e. The summed E-state index contributed by atoms with van der Waals surface area (Å²) < 4.78 is 48.3. The molecule has 0 spiro atoms. The number of benzene rings is 3. The van der Waals surface area contributed by atoms with Crippen molar-refractivity contribution in [2.75, 3.05) is 16.2 Å². The van der Waals surface area contributed by atoms with Crippen LogP contribution in [0.2, 0.25) is 0 Å². The third kappa shape index (κ3) is 4.57. The molecule has 1 amide bonds. The molecule has 0 aromatic heterocycles. The van der Waals surface area contributed by atoms with Gasteiger partial charge in [-0.3, -0.25) is 9.10 Å². The van der Waals surface area contributed by atoms with Crippen molar-refractivity contribution < 1.29 is 22.3 Å². The fraction of sp³-hybridized carbons (Fsp3) is 0.240. The second-order valence-electron chi connectivity index (χ2n) is 8.86.